The molecule has 3 aromatic rings. The van der Waals surface area contributed by atoms with Gasteiger partial charge in [-0.25, -0.2) is 0 Å². The highest BCUT2D eigenvalue weighted by atomic mass is 35.5. The molecule has 6 nitrogen and oxygen atoms in total. The summed E-state index contributed by atoms with van der Waals surface area (Å²) in [6.45, 7) is 0.666. The van der Waals surface area contributed by atoms with Gasteiger partial charge in [0.05, 0.1) is 12.1 Å². The number of rotatable bonds is 4. The Kier molecular flexibility index (Phi) is 7.18. The first kappa shape index (κ1) is 26.5. The lowest BCUT2D eigenvalue weighted by Gasteiger charge is -2.24. The molecule has 0 aromatic heterocycles. The van der Waals surface area contributed by atoms with E-state index in [1.807, 2.05) is 12.2 Å². The third kappa shape index (κ3) is 5.68. The monoisotopic (exact) mass is 553 g/mol. The highest BCUT2D eigenvalue weighted by Crippen LogP contribution is 2.36. The fraction of sp³-hybridized carbons (Fsp3) is 0.207. The summed E-state index contributed by atoms with van der Waals surface area (Å²) in [6, 6.07) is 16.0. The molecule has 3 amide bonds. The molecule has 2 aliphatic rings. The van der Waals surface area contributed by atoms with E-state index in [1.54, 1.807) is 41.3 Å². The number of amides is 3. The summed E-state index contributed by atoms with van der Waals surface area (Å²) in [5.41, 5.74) is 1.01. The Morgan fingerprint density at radius 2 is 1.38 bits per heavy atom. The van der Waals surface area contributed by atoms with Gasteiger partial charge in [0, 0.05) is 41.5 Å². The quantitative estimate of drug-likeness (QED) is 0.398. The molecular formula is C29H23ClF3N3O3. The van der Waals surface area contributed by atoms with Crippen LogP contribution >= 0.6 is 11.6 Å². The smallest absolute Gasteiger partial charge is 0.331 e. The van der Waals surface area contributed by atoms with Gasteiger partial charge in [0.2, 0.25) is 5.91 Å². The van der Waals surface area contributed by atoms with Crippen molar-refractivity contribution < 1.29 is 27.6 Å². The molecule has 39 heavy (non-hydrogen) atoms. The number of halogens is 4. The van der Waals surface area contributed by atoms with Gasteiger partial charge in [-0.15, -0.1) is 0 Å². The summed E-state index contributed by atoms with van der Waals surface area (Å²) in [5, 5.41) is 0.444. The molecule has 2 aliphatic heterocycles. The molecular weight excluding hydrogens is 531 g/mol. The van der Waals surface area contributed by atoms with Crippen molar-refractivity contribution in [1.82, 2.24) is 9.80 Å². The highest BCUT2D eigenvalue weighted by molar-refractivity contribution is 6.30. The number of hydrogen-bond acceptors (Lipinski definition) is 3. The van der Waals surface area contributed by atoms with Gasteiger partial charge in [0.1, 0.15) is 6.54 Å². The molecule has 5 rings (SSSR count). The number of nitrogens with zero attached hydrogens (tertiary/aromatic N) is 3. The Morgan fingerprint density at radius 3 is 2.00 bits per heavy atom. The second kappa shape index (κ2) is 10.6. The SMILES string of the molecule is O=C(c1ccc(CN2C(=O)CN(C(=O)c3ccc(Cl)cc3)Cc3ccc(C(F)(F)F)cc32)cc1)N1CC=CC1. The average Bonchev–Trinajstić information content (AvgIpc) is 3.42. The molecule has 200 valence electrons. The topological polar surface area (TPSA) is 60.9 Å². The predicted octanol–water partition coefficient (Wildman–Crippen LogP) is 5.56. The summed E-state index contributed by atoms with van der Waals surface area (Å²) >= 11 is 5.92. The Balaban J connectivity index is 1.45. The first-order valence-electron chi connectivity index (χ1n) is 12.2. The van der Waals surface area contributed by atoms with E-state index in [4.69, 9.17) is 11.6 Å². The van der Waals surface area contributed by atoms with E-state index in [0.717, 1.165) is 12.1 Å². The van der Waals surface area contributed by atoms with Crippen molar-refractivity contribution in [2.24, 2.45) is 0 Å². The molecule has 2 heterocycles. The van der Waals surface area contributed by atoms with Crippen molar-refractivity contribution in [3.8, 4) is 0 Å². The number of carbonyl (C=O) groups is 3. The fourth-order valence-electron chi connectivity index (χ4n) is 4.62. The molecule has 0 saturated carbocycles. The molecule has 0 fully saturated rings. The molecule has 0 N–H and O–H groups in total. The van der Waals surface area contributed by atoms with Crippen LogP contribution in [0.1, 0.15) is 37.4 Å². The minimum absolute atomic E-state index is 0.0319. The maximum Gasteiger partial charge on any atom is 0.416 e. The number of hydrogen-bond donors (Lipinski definition) is 0. The van der Waals surface area contributed by atoms with E-state index in [0.29, 0.717) is 40.4 Å². The summed E-state index contributed by atoms with van der Waals surface area (Å²) < 4.78 is 40.8. The lowest BCUT2D eigenvalue weighted by Crippen LogP contribution is -2.39. The lowest BCUT2D eigenvalue weighted by atomic mass is 10.1. The largest absolute Gasteiger partial charge is 0.416 e. The van der Waals surface area contributed by atoms with E-state index >= 15 is 0 Å². The first-order chi connectivity index (χ1) is 18.6. The summed E-state index contributed by atoms with van der Waals surface area (Å²) in [7, 11) is 0. The molecule has 0 aliphatic carbocycles. The van der Waals surface area contributed by atoms with Crippen LogP contribution in [0.25, 0.3) is 0 Å². The van der Waals surface area contributed by atoms with E-state index in [2.05, 4.69) is 0 Å². The zero-order valence-electron chi connectivity index (χ0n) is 20.6. The van der Waals surface area contributed by atoms with Gasteiger partial charge < -0.3 is 14.7 Å². The second-order valence-corrected chi connectivity index (χ2v) is 9.80. The maximum absolute atomic E-state index is 13.6. The van der Waals surface area contributed by atoms with E-state index < -0.39 is 23.6 Å². The standard InChI is InChI=1S/C29H23ClF3N3O3/c30-24-11-8-21(9-12-24)28(39)35-17-22-7-10-23(29(31,32)33)15-25(22)36(26(37)18-35)16-19-3-5-20(6-4-19)27(38)34-13-1-2-14-34/h1-12,15H,13-14,16-18H2. The van der Waals surface area contributed by atoms with E-state index in [9.17, 15) is 27.6 Å². The Labute approximate surface area is 227 Å². The van der Waals surface area contributed by atoms with Crippen LogP contribution in [-0.2, 0) is 24.1 Å². The van der Waals surface area contributed by atoms with Crippen molar-refractivity contribution in [3.63, 3.8) is 0 Å². The van der Waals surface area contributed by atoms with Crippen LogP contribution in [0, 0.1) is 0 Å². The molecule has 0 spiro atoms. The Hall–Kier alpha value is -4.11. The summed E-state index contributed by atoms with van der Waals surface area (Å²) in [5.74, 6) is -1.10. The summed E-state index contributed by atoms with van der Waals surface area (Å²) in [6.07, 6.45) is -0.795. The third-order valence-electron chi connectivity index (χ3n) is 6.72. The summed E-state index contributed by atoms with van der Waals surface area (Å²) in [4.78, 5) is 43.6. The van der Waals surface area contributed by atoms with Crippen LogP contribution in [-0.4, -0.2) is 47.2 Å². The van der Waals surface area contributed by atoms with Crippen molar-refractivity contribution >= 4 is 35.0 Å². The van der Waals surface area contributed by atoms with Crippen LogP contribution in [0.4, 0.5) is 18.9 Å². The zero-order valence-corrected chi connectivity index (χ0v) is 21.4. The van der Waals surface area contributed by atoms with Crippen molar-refractivity contribution in [2.45, 2.75) is 19.3 Å². The number of fused-ring (bicyclic) bond motifs is 1. The number of carbonyl (C=O) groups excluding carboxylic acids is 3. The van der Waals surface area contributed by atoms with Gasteiger partial charge in [-0.1, -0.05) is 42.0 Å². The number of benzene rings is 3. The molecule has 0 radical (unpaired) electrons. The average molecular weight is 554 g/mol. The minimum Gasteiger partial charge on any atom is -0.331 e. The van der Waals surface area contributed by atoms with Crippen LogP contribution in [0.3, 0.4) is 0 Å². The molecule has 10 heteroatoms. The van der Waals surface area contributed by atoms with Gasteiger partial charge >= 0.3 is 6.18 Å². The van der Waals surface area contributed by atoms with Crippen molar-refractivity contribution in [1.29, 1.82) is 0 Å². The van der Waals surface area contributed by atoms with E-state index in [1.165, 1.54) is 28.0 Å². The van der Waals surface area contributed by atoms with Gasteiger partial charge in [0.15, 0.2) is 0 Å². The van der Waals surface area contributed by atoms with Crippen molar-refractivity contribution in [2.75, 3.05) is 24.5 Å². The zero-order chi connectivity index (χ0) is 27.7. The van der Waals surface area contributed by atoms with Crippen LogP contribution in [0.15, 0.2) is 78.9 Å². The van der Waals surface area contributed by atoms with Gasteiger partial charge in [-0.3, -0.25) is 14.4 Å². The van der Waals surface area contributed by atoms with Gasteiger partial charge in [-0.05, 0) is 59.7 Å². The first-order valence-corrected chi connectivity index (χ1v) is 12.6. The Morgan fingerprint density at radius 1 is 0.795 bits per heavy atom. The highest BCUT2D eigenvalue weighted by Gasteiger charge is 2.35. The number of alkyl halides is 3. The van der Waals surface area contributed by atoms with Gasteiger partial charge in [0.25, 0.3) is 11.8 Å². The van der Waals surface area contributed by atoms with Crippen LogP contribution in [0.2, 0.25) is 5.02 Å². The molecule has 0 bridgehead atoms. The molecule has 3 aromatic carbocycles. The molecule has 0 saturated heterocycles. The predicted molar refractivity (Wildman–Crippen MR) is 140 cm³/mol. The Bertz CT molecular complexity index is 1450. The molecule has 0 unspecified atom stereocenters. The van der Waals surface area contributed by atoms with Crippen LogP contribution in [0.5, 0.6) is 0 Å². The lowest BCUT2D eigenvalue weighted by molar-refractivity contribution is -0.137. The van der Waals surface area contributed by atoms with E-state index in [-0.39, 0.29) is 31.2 Å². The van der Waals surface area contributed by atoms with Crippen LogP contribution < -0.4 is 4.90 Å². The minimum atomic E-state index is -4.61. The third-order valence-corrected chi connectivity index (χ3v) is 6.97. The van der Waals surface area contributed by atoms with Gasteiger partial charge in [-0.2, -0.15) is 13.2 Å². The van der Waals surface area contributed by atoms with Crippen molar-refractivity contribution in [3.05, 3.63) is 112 Å². The normalized spacial score (nSPS) is 15.4. The number of anilines is 1. The molecule has 0 atom stereocenters. The second-order valence-electron chi connectivity index (χ2n) is 9.37. The maximum atomic E-state index is 13.6. The fourth-order valence-corrected chi connectivity index (χ4v) is 4.75.